The Morgan fingerprint density at radius 3 is 2.59 bits per heavy atom. The molecule has 9 heteroatoms. The van der Waals surface area contributed by atoms with E-state index in [0.29, 0.717) is 25.0 Å². The summed E-state index contributed by atoms with van der Waals surface area (Å²) >= 11 is 0. The van der Waals surface area contributed by atoms with E-state index in [1.807, 2.05) is 6.07 Å². The van der Waals surface area contributed by atoms with Crippen molar-refractivity contribution in [1.82, 2.24) is 19.9 Å². The summed E-state index contributed by atoms with van der Waals surface area (Å²) in [5, 5.41) is 12.2. The summed E-state index contributed by atoms with van der Waals surface area (Å²) < 4.78 is 5.53. The van der Waals surface area contributed by atoms with Gasteiger partial charge in [0.2, 0.25) is 11.9 Å². The molecule has 2 aromatic rings. The van der Waals surface area contributed by atoms with Crippen LogP contribution in [0.1, 0.15) is 18.0 Å². The Hall–Kier alpha value is -2.52. The van der Waals surface area contributed by atoms with Gasteiger partial charge in [-0.15, -0.1) is 0 Å². The van der Waals surface area contributed by atoms with Crippen molar-refractivity contribution in [2.75, 3.05) is 67.7 Å². The minimum absolute atomic E-state index is 0.0468. The van der Waals surface area contributed by atoms with E-state index in [2.05, 4.69) is 41.1 Å². The van der Waals surface area contributed by atoms with Crippen LogP contribution in [0.4, 0.5) is 17.7 Å². The zero-order chi connectivity index (χ0) is 18.5. The van der Waals surface area contributed by atoms with Gasteiger partial charge in [-0.1, -0.05) is 0 Å². The van der Waals surface area contributed by atoms with Crippen molar-refractivity contribution in [2.24, 2.45) is 0 Å². The molecule has 2 N–H and O–H groups in total. The average molecular weight is 371 g/mol. The maximum Gasteiger partial charge on any atom is 0.225 e. The number of ether oxygens (including phenoxy) is 1. The van der Waals surface area contributed by atoms with Gasteiger partial charge in [0.1, 0.15) is 5.82 Å². The largest absolute Gasteiger partial charge is 0.395 e. The number of nitrogens with zero attached hydrogens (tertiary/aromatic N) is 6. The molecule has 0 saturated carbocycles. The molecule has 144 valence electrons. The SMILES string of the molecule is OCCNc1nc([C@H]2CCOC2)cc(N2CCN(c3ncccn3)CC2)n1. The molecule has 0 aliphatic carbocycles. The van der Waals surface area contributed by atoms with Crippen LogP contribution in [0.5, 0.6) is 0 Å². The standard InChI is InChI=1S/C18H25N7O2/c26-10-5-19-17-22-15(14-2-11-27-13-14)12-16(23-17)24-6-8-25(9-7-24)18-20-3-1-4-21-18/h1,3-4,12,14,26H,2,5-11,13H2,(H,19,22,23)/t14-/m0/s1. The number of nitrogens with one attached hydrogen (secondary N) is 1. The summed E-state index contributed by atoms with van der Waals surface area (Å²) in [5.41, 5.74) is 1.01. The van der Waals surface area contributed by atoms with E-state index in [1.54, 1.807) is 12.4 Å². The van der Waals surface area contributed by atoms with Crippen LogP contribution in [-0.4, -0.2) is 77.6 Å². The van der Waals surface area contributed by atoms with Crippen molar-refractivity contribution in [3.8, 4) is 0 Å². The fourth-order valence-corrected chi connectivity index (χ4v) is 3.43. The molecular formula is C18H25N7O2. The quantitative estimate of drug-likeness (QED) is 0.752. The number of piperazine rings is 1. The lowest BCUT2D eigenvalue weighted by Gasteiger charge is -2.35. The molecule has 0 spiro atoms. The first-order chi connectivity index (χ1) is 13.3. The third-order valence-electron chi connectivity index (χ3n) is 4.91. The third-order valence-corrected chi connectivity index (χ3v) is 4.91. The first-order valence-corrected chi connectivity index (χ1v) is 9.42. The fraction of sp³-hybridized carbons (Fsp3) is 0.556. The lowest BCUT2D eigenvalue weighted by Crippen LogP contribution is -2.47. The molecule has 9 nitrogen and oxygen atoms in total. The minimum atomic E-state index is 0.0468. The maximum atomic E-state index is 9.10. The van der Waals surface area contributed by atoms with Crippen LogP contribution in [-0.2, 0) is 4.74 Å². The maximum absolute atomic E-state index is 9.10. The normalized spacial score (nSPS) is 20.1. The number of aliphatic hydroxyl groups is 1. The molecule has 0 amide bonds. The first-order valence-electron chi connectivity index (χ1n) is 9.42. The van der Waals surface area contributed by atoms with Gasteiger partial charge in [0.05, 0.1) is 18.9 Å². The molecule has 2 aliphatic rings. The van der Waals surface area contributed by atoms with Crippen LogP contribution in [0.25, 0.3) is 0 Å². The molecule has 1 atom stereocenters. The summed E-state index contributed by atoms with van der Waals surface area (Å²) in [7, 11) is 0. The van der Waals surface area contributed by atoms with Crippen molar-refractivity contribution in [3.05, 3.63) is 30.2 Å². The van der Waals surface area contributed by atoms with Crippen LogP contribution in [0.2, 0.25) is 0 Å². The number of hydrogen-bond acceptors (Lipinski definition) is 9. The highest BCUT2D eigenvalue weighted by molar-refractivity contribution is 5.47. The van der Waals surface area contributed by atoms with E-state index in [-0.39, 0.29) is 6.61 Å². The summed E-state index contributed by atoms with van der Waals surface area (Å²) in [6, 6.07) is 3.91. The zero-order valence-electron chi connectivity index (χ0n) is 15.3. The molecule has 0 bridgehead atoms. The smallest absolute Gasteiger partial charge is 0.225 e. The van der Waals surface area contributed by atoms with E-state index in [4.69, 9.17) is 9.84 Å². The van der Waals surface area contributed by atoms with Crippen molar-refractivity contribution in [2.45, 2.75) is 12.3 Å². The molecular weight excluding hydrogens is 346 g/mol. The average Bonchev–Trinajstić information content (AvgIpc) is 3.28. The van der Waals surface area contributed by atoms with E-state index < -0.39 is 0 Å². The Balaban J connectivity index is 1.49. The Morgan fingerprint density at radius 1 is 1.11 bits per heavy atom. The molecule has 2 saturated heterocycles. The highest BCUT2D eigenvalue weighted by Gasteiger charge is 2.24. The number of hydrogen-bond donors (Lipinski definition) is 2. The number of anilines is 3. The zero-order valence-corrected chi connectivity index (χ0v) is 15.3. The number of aromatic nitrogens is 4. The molecule has 0 aromatic carbocycles. The molecule has 0 unspecified atom stereocenters. The highest BCUT2D eigenvalue weighted by Crippen LogP contribution is 2.27. The van der Waals surface area contributed by atoms with Gasteiger partial charge in [-0.25, -0.2) is 15.0 Å². The molecule has 4 rings (SSSR count). The van der Waals surface area contributed by atoms with E-state index >= 15 is 0 Å². The lowest BCUT2D eigenvalue weighted by atomic mass is 10.0. The predicted octanol–water partition coefficient (Wildman–Crippen LogP) is 0.501. The Morgan fingerprint density at radius 2 is 1.89 bits per heavy atom. The summed E-state index contributed by atoms with van der Waals surface area (Å²) in [4.78, 5) is 22.4. The fourth-order valence-electron chi connectivity index (χ4n) is 3.43. The highest BCUT2D eigenvalue weighted by atomic mass is 16.5. The van der Waals surface area contributed by atoms with Gasteiger partial charge in [0.25, 0.3) is 0 Å². The van der Waals surface area contributed by atoms with Crippen LogP contribution in [0, 0.1) is 0 Å². The van der Waals surface area contributed by atoms with Gasteiger partial charge in [-0.2, -0.15) is 4.98 Å². The van der Waals surface area contributed by atoms with Crippen molar-refractivity contribution in [1.29, 1.82) is 0 Å². The van der Waals surface area contributed by atoms with Crippen molar-refractivity contribution >= 4 is 17.7 Å². The summed E-state index contributed by atoms with van der Waals surface area (Å²) in [6.07, 6.45) is 4.53. The van der Waals surface area contributed by atoms with Gasteiger partial charge in [0.15, 0.2) is 0 Å². The molecule has 27 heavy (non-hydrogen) atoms. The summed E-state index contributed by atoms with van der Waals surface area (Å²) in [6.45, 7) is 5.33. The van der Waals surface area contributed by atoms with Crippen LogP contribution in [0.15, 0.2) is 24.5 Å². The second kappa shape index (κ2) is 8.45. The predicted molar refractivity (Wildman–Crippen MR) is 102 cm³/mol. The monoisotopic (exact) mass is 371 g/mol. The van der Waals surface area contributed by atoms with Crippen molar-refractivity contribution in [3.63, 3.8) is 0 Å². The van der Waals surface area contributed by atoms with E-state index in [1.165, 1.54) is 0 Å². The van der Waals surface area contributed by atoms with Gasteiger partial charge in [-0.3, -0.25) is 0 Å². The van der Waals surface area contributed by atoms with Crippen LogP contribution >= 0.6 is 0 Å². The molecule has 2 fully saturated rings. The summed E-state index contributed by atoms with van der Waals surface area (Å²) in [5.74, 6) is 2.56. The van der Waals surface area contributed by atoms with E-state index in [0.717, 1.165) is 56.7 Å². The Labute approximate surface area is 158 Å². The molecule has 4 heterocycles. The first kappa shape index (κ1) is 17.9. The van der Waals surface area contributed by atoms with Gasteiger partial charge in [-0.05, 0) is 12.5 Å². The second-order valence-corrected chi connectivity index (χ2v) is 6.71. The van der Waals surface area contributed by atoms with Gasteiger partial charge in [0, 0.05) is 63.7 Å². The van der Waals surface area contributed by atoms with Gasteiger partial charge < -0.3 is 25.0 Å². The Bertz CT molecular complexity index is 732. The Kier molecular flexibility index (Phi) is 5.59. The molecule has 2 aromatic heterocycles. The van der Waals surface area contributed by atoms with Crippen LogP contribution in [0.3, 0.4) is 0 Å². The number of aliphatic hydroxyl groups excluding tert-OH is 1. The number of rotatable bonds is 6. The lowest BCUT2D eigenvalue weighted by molar-refractivity contribution is 0.193. The van der Waals surface area contributed by atoms with Gasteiger partial charge >= 0.3 is 0 Å². The topological polar surface area (TPSA) is 99.5 Å². The molecule has 0 radical (unpaired) electrons. The third kappa shape index (κ3) is 4.25. The minimum Gasteiger partial charge on any atom is -0.395 e. The second-order valence-electron chi connectivity index (χ2n) is 6.71. The van der Waals surface area contributed by atoms with E-state index in [9.17, 15) is 0 Å². The van der Waals surface area contributed by atoms with Crippen LogP contribution < -0.4 is 15.1 Å². The molecule has 2 aliphatic heterocycles. The van der Waals surface area contributed by atoms with Crippen molar-refractivity contribution < 1.29 is 9.84 Å².